The molecule has 0 fully saturated rings. The normalized spacial score (nSPS) is 12.7. The number of hydrogen-bond acceptors (Lipinski definition) is 3. The molecule has 0 heterocycles. The Balaban J connectivity index is 2.40. The topological polar surface area (TPSA) is 46.5 Å². The smallest absolute Gasteiger partial charge is 0.305 e. The molecule has 27 heavy (non-hydrogen) atoms. The van der Waals surface area contributed by atoms with E-state index in [0.29, 0.717) is 31.8 Å². The Morgan fingerprint density at radius 1 is 1.04 bits per heavy atom. The number of ether oxygens (including phenoxy) is 1. The van der Waals surface area contributed by atoms with Crippen molar-refractivity contribution < 1.29 is 14.6 Å². The van der Waals surface area contributed by atoms with Crippen molar-refractivity contribution in [3.63, 3.8) is 0 Å². The summed E-state index contributed by atoms with van der Waals surface area (Å²) in [7, 11) is 0. The van der Waals surface area contributed by atoms with Crippen LogP contribution in [-0.4, -0.2) is 24.3 Å². The van der Waals surface area contributed by atoms with Gasteiger partial charge in [0.2, 0.25) is 0 Å². The monoisotopic (exact) mass is 372 g/mol. The first-order valence-electron chi connectivity index (χ1n) is 10.4. The Hall–Kier alpha value is -1.87. The van der Waals surface area contributed by atoms with Gasteiger partial charge in [0.1, 0.15) is 0 Å². The van der Waals surface area contributed by atoms with Gasteiger partial charge >= 0.3 is 5.97 Å². The lowest BCUT2D eigenvalue weighted by Crippen LogP contribution is -2.05. The van der Waals surface area contributed by atoms with Gasteiger partial charge in [0.15, 0.2) is 0 Å². The van der Waals surface area contributed by atoms with Crippen molar-refractivity contribution in [3.05, 3.63) is 60.2 Å². The van der Waals surface area contributed by atoms with Gasteiger partial charge in [0.05, 0.1) is 6.61 Å². The van der Waals surface area contributed by atoms with Crippen LogP contribution in [0.15, 0.2) is 54.6 Å². The molecule has 1 N–H and O–H groups in total. The second-order valence-corrected chi connectivity index (χ2v) is 6.90. The number of aliphatic hydroxyl groups excluding tert-OH is 1. The number of rotatable bonds is 15. The average Bonchev–Trinajstić information content (AvgIpc) is 2.68. The molecule has 0 aliphatic heterocycles. The third-order valence-corrected chi connectivity index (χ3v) is 4.39. The molecular weight excluding hydrogens is 336 g/mol. The number of unbranched alkanes of at least 4 members (excludes halogenated alkanes) is 4. The molecule has 0 saturated heterocycles. The molecule has 150 valence electrons. The van der Waals surface area contributed by atoms with E-state index in [2.05, 4.69) is 55.5 Å². The molecule has 1 rings (SSSR count). The van der Waals surface area contributed by atoms with Crippen LogP contribution in [0.25, 0.3) is 0 Å². The maximum Gasteiger partial charge on any atom is 0.305 e. The lowest BCUT2D eigenvalue weighted by molar-refractivity contribution is -0.143. The van der Waals surface area contributed by atoms with Crippen molar-refractivity contribution in [1.82, 2.24) is 0 Å². The van der Waals surface area contributed by atoms with Crippen molar-refractivity contribution in [2.75, 3.05) is 13.2 Å². The van der Waals surface area contributed by atoms with E-state index in [9.17, 15) is 4.79 Å². The molecule has 1 aromatic carbocycles. The van der Waals surface area contributed by atoms with Gasteiger partial charge in [-0.3, -0.25) is 4.79 Å². The van der Waals surface area contributed by atoms with Crippen LogP contribution in [0, 0.1) is 5.92 Å². The van der Waals surface area contributed by atoms with Crippen LogP contribution in [0.5, 0.6) is 0 Å². The van der Waals surface area contributed by atoms with Crippen molar-refractivity contribution in [3.8, 4) is 0 Å². The zero-order chi connectivity index (χ0) is 19.6. The molecule has 1 aromatic rings. The molecule has 0 saturated carbocycles. The molecule has 0 aromatic heterocycles. The first kappa shape index (κ1) is 23.2. The maximum atomic E-state index is 11.5. The highest BCUT2D eigenvalue weighted by Gasteiger charge is 2.03. The van der Waals surface area contributed by atoms with E-state index in [1.54, 1.807) is 0 Å². The van der Waals surface area contributed by atoms with E-state index in [0.717, 1.165) is 19.3 Å². The summed E-state index contributed by atoms with van der Waals surface area (Å²) < 4.78 is 5.22. The molecule has 0 radical (unpaired) electrons. The van der Waals surface area contributed by atoms with E-state index in [1.165, 1.54) is 24.8 Å². The molecule has 0 aliphatic rings. The average molecular weight is 373 g/mol. The largest absolute Gasteiger partial charge is 0.465 e. The lowest BCUT2D eigenvalue weighted by atomic mass is 9.97. The third kappa shape index (κ3) is 13.0. The van der Waals surface area contributed by atoms with Crippen LogP contribution in [0.4, 0.5) is 0 Å². The predicted molar refractivity (Wildman–Crippen MR) is 113 cm³/mol. The SMILES string of the molecule is CCCCC/C=C\[C@H](/C=C\CCOC(=O)CCCCO)Cc1ccccc1. The van der Waals surface area contributed by atoms with E-state index < -0.39 is 0 Å². The summed E-state index contributed by atoms with van der Waals surface area (Å²) in [6.45, 7) is 2.78. The Morgan fingerprint density at radius 2 is 1.78 bits per heavy atom. The Labute approximate surface area is 165 Å². The molecule has 1 atom stereocenters. The minimum absolute atomic E-state index is 0.130. The van der Waals surface area contributed by atoms with Crippen LogP contribution < -0.4 is 0 Å². The van der Waals surface area contributed by atoms with Gasteiger partial charge in [-0.05, 0) is 50.0 Å². The van der Waals surface area contributed by atoms with Crippen molar-refractivity contribution in [2.45, 2.75) is 64.7 Å². The molecular formula is C24H36O3. The van der Waals surface area contributed by atoms with Crippen molar-refractivity contribution in [1.29, 1.82) is 0 Å². The number of allylic oxidation sites excluding steroid dienone is 3. The summed E-state index contributed by atoms with van der Waals surface area (Å²) in [6.07, 6.45) is 17.3. The Morgan fingerprint density at radius 3 is 2.48 bits per heavy atom. The number of carbonyl (C=O) groups is 1. The van der Waals surface area contributed by atoms with Gasteiger partial charge < -0.3 is 9.84 Å². The second-order valence-electron chi connectivity index (χ2n) is 6.90. The first-order chi connectivity index (χ1) is 13.3. The fourth-order valence-electron chi connectivity index (χ4n) is 2.83. The van der Waals surface area contributed by atoms with Crippen LogP contribution in [0.1, 0.15) is 63.9 Å². The minimum Gasteiger partial charge on any atom is -0.465 e. The Kier molecular flexibility index (Phi) is 14.0. The zero-order valence-electron chi connectivity index (χ0n) is 16.8. The fraction of sp³-hybridized carbons (Fsp3) is 0.542. The number of benzene rings is 1. The van der Waals surface area contributed by atoms with Gasteiger partial charge in [-0.25, -0.2) is 0 Å². The number of esters is 1. The van der Waals surface area contributed by atoms with Crippen molar-refractivity contribution >= 4 is 5.97 Å². The quantitative estimate of drug-likeness (QED) is 0.246. The first-order valence-corrected chi connectivity index (χ1v) is 10.4. The van der Waals surface area contributed by atoms with Gasteiger partial charge in [0, 0.05) is 13.0 Å². The molecule has 0 amide bonds. The predicted octanol–water partition coefficient (Wildman–Crippen LogP) is 5.63. The second kappa shape index (κ2) is 16.3. The molecule has 3 heteroatoms. The summed E-state index contributed by atoms with van der Waals surface area (Å²) >= 11 is 0. The van der Waals surface area contributed by atoms with E-state index in [-0.39, 0.29) is 12.6 Å². The summed E-state index contributed by atoms with van der Waals surface area (Å²) in [4.78, 5) is 11.5. The van der Waals surface area contributed by atoms with E-state index >= 15 is 0 Å². The Bertz CT molecular complexity index is 534. The van der Waals surface area contributed by atoms with Crippen LogP contribution in [0.2, 0.25) is 0 Å². The highest BCUT2D eigenvalue weighted by molar-refractivity contribution is 5.69. The summed E-state index contributed by atoms with van der Waals surface area (Å²) in [6, 6.07) is 10.5. The zero-order valence-corrected chi connectivity index (χ0v) is 16.8. The van der Waals surface area contributed by atoms with Crippen LogP contribution in [0.3, 0.4) is 0 Å². The number of aliphatic hydroxyl groups is 1. The van der Waals surface area contributed by atoms with Gasteiger partial charge in [-0.2, -0.15) is 0 Å². The highest BCUT2D eigenvalue weighted by Crippen LogP contribution is 2.13. The molecule has 0 bridgehead atoms. The molecule has 0 spiro atoms. The lowest BCUT2D eigenvalue weighted by Gasteiger charge is -2.09. The molecule has 0 unspecified atom stereocenters. The van der Waals surface area contributed by atoms with Crippen LogP contribution >= 0.6 is 0 Å². The van der Waals surface area contributed by atoms with E-state index in [4.69, 9.17) is 9.84 Å². The van der Waals surface area contributed by atoms with Gasteiger partial charge in [0.25, 0.3) is 0 Å². The van der Waals surface area contributed by atoms with E-state index in [1.807, 2.05) is 6.07 Å². The summed E-state index contributed by atoms with van der Waals surface area (Å²) in [5.41, 5.74) is 1.33. The van der Waals surface area contributed by atoms with Gasteiger partial charge in [-0.15, -0.1) is 0 Å². The minimum atomic E-state index is -0.173. The third-order valence-electron chi connectivity index (χ3n) is 4.39. The summed E-state index contributed by atoms with van der Waals surface area (Å²) in [5.74, 6) is 0.197. The van der Waals surface area contributed by atoms with Crippen LogP contribution in [-0.2, 0) is 16.0 Å². The van der Waals surface area contributed by atoms with Crippen molar-refractivity contribution in [2.24, 2.45) is 5.92 Å². The standard InChI is InChI=1S/C24H36O3/c1-2-3-4-5-7-14-23(21-22-15-8-6-9-16-22)17-11-13-20-27-24(26)18-10-12-19-25/h6-9,11,14-17,23,25H,2-5,10,12-13,18-21H2,1H3/b14-7-,17-11-/t23-/m1/s1. The number of carbonyl (C=O) groups excluding carboxylic acids is 1. The van der Waals surface area contributed by atoms with Gasteiger partial charge in [-0.1, -0.05) is 74.4 Å². The fourth-order valence-corrected chi connectivity index (χ4v) is 2.83. The summed E-state index contributed by atoms with van der Waals surface area (Å²) in [5, 5.41) is 8.72. The highest BCUT2D eigenvalue weighted by atomic mass is 16.5. The molecule has 0 aliphatic carbocycles. The molecule has 3 nitrogen and oxygen atoms in total. The number of hydrogen-bond donors (Lipinski definition) is 1. The maximum absolute atomic E-state index is 11.5.